The summed E-state index contributed by atoms with van der Waals surface area (Å²) >= 11 is 5.87. The second-order valence-electron chi connectivity index (χ2n) is 4.49. The van der Waals surface area contributed by atoms with Crippen LogP contribution in [-0.2, 0) is 11.2 Å². The molecular formula is C16H14ClNO2. The van der Waals surface area contributed by atoms with Gasteiger partial charge in [0.05, 0.1) is 6.42 Å². The third kappa shape index (κ3) is 3.93. The van der Waals surface area contributed by atoms with Gasteiger partial charge in [-0.25, -0.2) is 0 Å². The maximum atomic E-state index is 11.9. The van der Waals surface area contributed by atoms with Gasteiger partial charge in [-0.1, -0.05) is 35.9 Å². The third-order valence-corrected chi connectivity index (χ3v) is 3.04. The lowest BCUT2D eigenvalue weighted by Gasteiger charge is -2.06. The first-order valence-electron chi connectivity index (χ1n) is 6.20. The van der Waals surface area contributed by atoms with Gasteiger partial charge >= 0.3 is 0 Å². The van der Waals surface area contributed by atoms with E-state index in [9.17, 15) is 9.59 Å². The number of benzene rings is 2. The smallest absolute Gasteiger partial charge is 0.228 e. The second-order valence-corrected chi connectivity index (χ2v) is 4.93. The molecule has 0 spiro atoms. The molecule has 0 aliphatic heterocycles. The summed E-state index contributed by atoms with van der Waals surface area (Å²) in [6, 6.07) is 14.0. The van der Waals surface area contributed by atoms with Crippen molar-refractivity contribution in [3.8, 4) is 0 Å². The van der Waals surface area contributed by atoms with Gasteiger partial charge in [0.25, 0.3) is 0 Å². The number of Topliss-reactive ketones (excluding diaryl/α,β-unsaturated/α-hetero) is 1. The van der Waals surface area contributed by atoms with Gasteiger partial charge in [0.1, 0.15) is 0 Å². The summed E-state index contributed by atoms with van der Waals surface area (Å²) in [5.41, 5.74) is 2.04. The van der Waals surface area contributed by atoms with E-state index in [1.54, 1.807) is 42.5 Å². The Kier molecular flexibility index (Phi) is 4.53. The van der Waals surface area contributed by atoms with Crippen LogP contribution in [-0.4, -0.2) is 11.7 Å². The van der Waals surface area contributed by atoms with Crippen LogP contribution in [0.25, 0.3) is 0 Å². The van der Waals surface area contributed by atoms with Gasteiger partial charge in [0, 0.05) is 16.3 Å². The van der Waals surface area contributed by atoms with Crippen molar-refractivity contribution in [1.29, 1.82) is 0 Å². The molecule has 1 amide bonds. The lowest BCUT2D eigenvalue weighted by Crippen LogP contribution is -2.14. The highest BCUT2D eigenvalue weighted by Crippen LogP contribution is 2.14. The largest absolute Gasteiger partial charge is 0.326 e. The SMILES string of the molecule is CC(=O)c1cccc(NC(=O)Cc2cccc(Cl)c2)c1. The van der Waals surface area contributed by atoms with Gasteiger partial charge in [0.15, 0.2) is 5.78 Å². The van der Waals surface area contributed by atoms with Gasteiger partial charge < -0.3 is 5.32 Å². The molecule has 0 aliphatic carbocycles. The van der Waals surface area contributed by atoms with Crippen molar-refractivity contribution in [3.05, 3.63) is 64.7 Å². The summed E-state index contributed by atoms with van der Waals surface area (Å²) in [6.07, 6.45) is 0.241. The second kappa shape index (κ2) is 6.35. The normalized spacial score (nSPS) is 10.1. The topological polar surface area (TPSA) is 46.2 Å². The van der Waals surface area contributed by atoms with E-state index >= 15 is 0 Å². The minimum absolute atomic E-state index is 0.0315. The molecule has 0 saturated heterocycles. The van der Waals surface area contributed by atoms with Crippen molar-refractivity contribution in [2.75, 3.05) is 5.32 Å². The van der Waals surface area contributed by atoms with E-state index in [1.165, 1.54) is 6.92 Å². The Morgan fingerprint density at radius 2 is 1.85 bits per heavy atom. The van der Waals surface area contributed by atoms with Crippen molar-refractivity contribution < 1.29 is 9.59 Å². The number of ketones is 1. The zero-order chi connectivity index (χ0) is 14.5. The summed E-state index contributed by atoms with van der Waals surface area (Å²) in [7, 11) is 0. The molecule has 0 saturated carbocycles. The maximum Gasteiger partial charge on any atom is 0.228 e. The Morgan fingerprint density at radius 3 is 2.55 bits per heavy atom. The first kappa shape index (κ1) is 14.3. The Labute approximate surface area is 122 Å². The molecule has 2 aromatic carbocycles. The lowest BCUT2D eigenvalue weighted by molar-refractivity contribution is -0.115. The van der Waals surface area contributed by atoms with Gasteiger partial charge in [-0.3, -0.25) is 9.59 Å². The number of nitrogens with one attached hydrogen (secondary N) is 1. The lowest BCUT2D eigenvalue weighted by atomic mass is 10.1. The molecule has 0 aliphatic rings. The maximum absolute atomic E-state index is 11.9. The van der Waals surface area contributed by atoms with Crippen LogP contribution < -0.4 is 5.32 Å². The fraction of sp³-hybridized carbons (Fsp3) is 0.125. The predicted molar refractivity (Wildman–Crippen MR) is 80.2 cm³/mol. The molecule has 102 valence electrons. The van der Waals surface area contributed by atoms with E-state index in [0.29, 0.717) is 16.3 Å². The summed E-state index contributed by atoms with van der Waals surface area (Å²) in [5.74, 6) is -0.177. The highest BCUT2D eigenvalue weighted by Gasteiger charge is 2.06. The Balaban J connectivity index is 2.04. The summed E-state index contributed by atoms with van der Waals surface area (Å²) in [5, 5.41) is 3.38. The summed E-state index contributed by atoms with van der Waals surface area (Å²) < 4.78 is 0. The molecule has 2 rings (SSSR count). The number of amides is 1. The van der Waals surface area contributed by atoms with Crippen molar-refractivity contribution in [1.82, 2.24) is 0 Å². The van der Waals surface area contributed by atoms with Crippen molar-refractivity contribution in [3.63, 3.8) is 0 Å². The number of carbonyl (C=O) groups is 2. The summed E-state index contributed by atoms with van der Waals surface area (Å²) in [6.45, 7) is 1.49. The zero-order valence-corrected chi connectivity index (χ0v) is 11.8. The number of rotatable bonds is 4. The fourth-order valence-corrected chi connectivity index (χ4v) is 2.07. The molecule has 0 bridgehead atoms. The zero-order valence-electron chi connectivity index (χ0n) is 11.0. The van der Waals surface area contributed by atoms with Gasteiger partial charge in [-0.05, 0) is 36.8 Å². The number of anilines is 1. The number of carbonyl (C=O) groups excluding carboxylic acids is 2. The Morgan fingerprint density at radius 1 is 1.10 bits per heavy atom. The highest BCUT2D eigenvalue weighted by molar-refractivity contribution is 6.30. The van der Waals surface area contributed by atoms with E-state index in [4.69, 9.17) is 11.6 Å². The minimum atomic E-state index is -0.145. The molecule has 0 heterocycles. The first-order valence-corrected chi connectivity index (χ1v) is 6.58. The van der Waals surface area contributed by atoms with Crippen molar-refractivity contribution in [2.24, 2.45) is 0 Å². The van der Waals surface area contributed by atoms with Crippen LogP contribution in [0.1, 0.15) is 22.8 Å². The predicted octanol–water partition coefficient (Wildman–Crippen LogP) is 3.72. The molecule has 3 nitrogen and oxygen atoms in total. The molecule has 0 atom stereocenters. The van der Waals surface area contributed by atoms with E-state index in [1.807, 2.05) is 6.07 Å². The van der Waals surface area contributed by atoms with Crippen LogP contribution in [0.3, 0.4) is 0 Å². The van der Waals surface area contributed by atoms with E-state index in [2.05, 4.69) is 5.32 Å². The molecule has 0 fully saturated rings. The number of hydrogen-bond acceptors (Lipinski definition) is 2. The molecule has 0 unspecified atom stereocenters. The summed E-state index contributed by atoms with van der Waals surface area (Å²) in [4.78, 5) is 23.2. The Hall–Kier alpha value is -2.13. The molecular weight excluding hydrogens is 274 g/mol. The number of hydrogen-bond donors (Lipinski definition) is 1. The molecule has 0 radical (unpaired) electrons. The molecule has 4 heteroatoms. The van der Waals surface area contributed by atoms with Crippen LogP contribution in [0.15, 0.2) is 48.5 Å². The fourth-order valence-electron chi connectivity index (χ4n) is 1.85. The molecule has 2 aromatic rings. The van der Waals surface area contributed by atoms with Crippen LogP contribution in [0.2, 0.25) is 5.02 Å². The standard InChI is InChI=1S/C16H14ClNO2/c1-11(19)13-5-3-7-15(10-13)18-16(20)9-12-4-2-6-14(17)8-12/h2-8,10H,9H2,1H3,(H,18,20). The van der Waals surface area contributed by atoms with E-state index in [-0.39, 0.29) is 18.1 Å². The third-order valence-electron chi connectivity index (χ3n) is 2.81. The average molecular weight is 288 g/mol. The van der Waals surface area contributed by atoms with Gasteiger partial charge in [-0.15, -0.1) is 0 Å². The molecule has 1 N–H and O–H groups in total. The quantitative estimate of drug-likeness (QED) is 0.871. The first-order chi connectivity index (χ1) is 9.54. The van der Waals surface area contributed by atoms with Crippen molar-refractivity contribution >= 4 is 29.0 Å². The van der Waals surface area contributed by atoms with Gasteiger partial charge in [-0.2, -0.15) is 0 Å². The van der Waals surface area contributed by atoms with Crippen molar-refractivity contribution in [2.45, 2.75) is 13.3 Å². The highest BCUT2D eigenvalue weighted by atomic mass is 35.5. The van der Waals surface area contributed by atoms with Gasteiger partial charge in [0.2, 0.25) is 5.91 Å². The van der Waals surface area contributed by atoms with Crippen LogP contribution in [0.4, 0.5) is 5.69 Å². The monoisotopic (exact) mass is 287 g/mol. The minimum Gasteiger partial charge on any atom is -0.326 e. The number of halogens is 1. The molecule has 20 heavy (non-hydrogen) atoms. The van der Waals surface area contributed by atoms with E-state index < -0.39 is 0 Å². The van der Waals surface area contributed by atoms with E-state index in [0.717, 1.165) is 5.56 Å². The average Bonchev–Trinajstić information content (AvgIpc) is 2.38. The molecule has 0 aromatic heterocycles. The van der Waals surface area contributed by atoms with Crippen LogP contribution in [0, 0.1) is 0 Å². The van der Waals surface area contributed by atoms with Crippen LogP contribution in [0.5, 0.6) is 0 Å². The Bertz CT molecular complexity index is 652. The van der Waals surface area contributed by atoms with Crippen LogP contribution >= 0.6 is 11.6 Å².